The first-order valence-electron chi connectivity index (χ1n) is 26.6. The molecule has 3 aliphatic rings. The Morgan fingerprint density at radius 3 is 1.41 bits per heavy atom. The summed E-state index contributed by atoms with van der Waals surface area (Å²) in [6.45, 7) is 15.0. The van der Waals surface area contributed by atoms with E-state index in [4.69, 9.17) is 19.9 Å². The second-order valence-corrected chi connectivity index (χ2v) is 21.2. The zero-order chi connectivity index (χ0) is 49.4. The van der Waals surface area contributed by atoms with Crippen molar-refractivity contribution in [3.63, 3.8) is 0 Å². The fraction of sp³-hybridized carbons (Fsp3) is 0.322. The Hall–Kier alpha value is -7.56. The molecule has 0 bridgehead atoms. The van der Waals surface area contributed by atoms with Crippen molar-refractivity contribution in [2.45, 2.75) is 19.4 Å². The number of H-pyrrole nitrogens is 4. The van der Waals surface area contributed by atoms with Gasteiger partial charge in [-0.25, -0.2) is 19.9 Å². The molecule has 0 saturated carbocycles. The highest BCUT2D eigenvalue weighted by Crippen LogP contribution is 2.39. The van der Waals surface area contributed by atoms with Gasteiger partial charge in [0.2, 0.25) is 0 Å². The lowest BCUT2D eigenvalue weighted by atomic mass is 10.0. The Bertz CT molecular complexity index is 3870. The van der Waals surface area contributed by atoms with Gasteiger partial charge in [0.05, 0.1) is 44.1 Å². The lowest BCUT2D eigenvalue weighted by molar-refractivity contribution is 0.152. The molecule has 74 heavy (non-hydrogen) atoms. The van der Waals surface area contributed by atoms with Gasteiger partial charge in [-0.2, -0.15) is 0 Å². The predicted molar refractivity (Wildman–Crippen MR) is 302 cm³/mol. The van der Waals surface area contributed by atoms with Crippen LogP contribution < -0.4 is 9.80 Å². The first-order valence-corrected chi connectivity index (χ1v) is 26.6. The van der Waals surface area contributed by atoms with Gasteiger partial charge in [-0.15, -0.1) is 0 Å². The monoisotopic (exact) mass is 982 g/mol. The van der Waals surface area contributed by atoms with Gasteiger partial charge in [0.1, 0.15) is 23.3 Å². The Balaban J connectivity index is 0.795. The van der Waals surface area contributed by atoms with Crippen LogP contribution in [-0.2, 0) is 6.54 Å². The lowest BCUT2D eigenvalue weighted by Crippen LogP contribution is -2.44. The fourth-order valence-corrected chi connectivity index (χ4v) is 11.8. The average Bonchev–Trinajstić information content (AvgIpc) is 4.29. The van der Waals surface area contributed by atoms with E-state index in [1.54, 1.807) is 0 Å². The van der Waals surface area contributed by atoms with Gasteiger partial charge in [-0.1, -0.05) is 12.1 Å². The van der Waals surface area contributed by atoms with Gasteiger partial charge in [-0.05, 0) is 138 Å². The van der Waals surface area contributed by atoms with Crippen molar-refractivity contribution in [1.82, 2.24) is 64.0 Å². The van der Waals surface area contributed by atoms with E-state index in [9.17, 15) is 0 Å². The predicted octanol–water partition coefficient (Wildman–Crippen LogP) is 9.50. The number of hydrogen-bond acceptors (Lipinski definition) is 10. The summed E-state index contributed by atoms with van der Waals surface area (Å²) in [6, 6.07) is 39.6. The van der Waals surface area contributed by atoms with E-state index in [-0.39, 0.29) is 0 Å². The number of rotatable bonds is 11. The molecule has 6 aromatic carbocycles. The number of hydrogen-bond donors (Lipinski definition) is 4. The minimum Gasteiger partial charge on any atom is -0.369 e. The lowest BCUT2D eigenvalue weighted by Gasteiger charge is -2.34. The maximum atomic E-state index is 5.33. The molecule has 0 aliphatic carbocycles. The molecular weight excluding hydrogens is 919 g/mol. The summed E-state index contributed by atoms with van der Waals surface area (Å²) >= 11 is 0. The van der Waals surface area contributed by atoms with Crippen molar-refractivity contribution >= 4 is 77.3 Å². The van der Waals surface area contributed by atoms with Crippen molar-refractivity contribution in [1.29, 1.82) is 0 Å². The maximum Gasteiger partial charge on any atom is 0.139 e. The Labute approximate surface area is 429 Å². The summed E-state index contributed by atoms with van der Waals surface area (Å²) in [6.07, 6.45) is 2.25. The second-order valence-electron chi connectivity index (χ2n) is 21.2. The third kappa shape index (κ3) is 8.33. The number of nitrogens with one attached hydrogen (secondary N) is 4. The van der Waals surface area contributed by atoms with Crippen LogP contribution in [0, 0.1) is 0 Å². The van der Waals surface area contributed by atoms with Crippen LogP contribution in [0.25, 0.3) is 111 Å². The van der Waals surface area contributed by atoms with Gasteiger partial charge in [-0.3, -0.25) is 0 Å². The van der Waals surface area contributed by atoms with Gasteiger partial charge < -0.3 is 53.9 Å². The summed E-state index contributed by atoms with van der Waals surface area (Å²) in [5.41, 5.74) is 16.8. The molecule has 3 saturated heterocycles. The van der Waals surface area contributed by atoms with Crippen LogP contribution in [0.15, 0.2) is 109 Å². The van der Waals surface area contributed by atoms with Crippen molar-refractivity contribution in [3.8, 4) is 45.6 Å². The number of aryl methyl sites for hydroxylation is 1. The average molecular weight is 982 g/mol. The van der Waals surface area contributed by atoms with Crippen LogP contribution in [0.3, 0.4) is 0 Å². The molecule has 11 aromatic rings. The van der Waals surface area contributed by atoms with Crippen LogP contribution in [0.2, 0.25) is 0 Å². The molecule has 3 fully saturated rings. The minimum absolute atomic E-state index is 0.837. The number of piperazine rings is 3. The van der Waals surface area contributed by atoms with E-state index in [1.807, 2.05) is 0 Å². The summed E-state index contributed by atoms with van der Waals surface area (Å²) in [4.78, 5) is 50.1. The fourth-order valence-electron chi connectivity index (χ4n) is 11.8. The smallest absolute Gasteiger partial charge is 0.139 e. The van der Waals surface area contributed by atoms with Gasteiger partial charge >= 0.3 is 0 Å². The Morgan fingerprint density at radius 2 is 0.851 bits per heavy atom. The number of anilines is 2. The van der Waals surface area contributed by atoms with Crippen LogP contribution >= 0.6 is 0 Å². The zero-order valence-electron chi connectivity index (χ0n) is 42.6. The summed E-state index contributed by atoms with van der Waals surface area (Å²) in [5.74, 6) is 3.38. The quantitative estimate of drug-likeness (QED) is 0.0928. The molecule has 8 heterocycles. The highest BCUT2D eigenvalue weighted by Gasteiger charge is 2.22. The van der Waals surface area contributed by atoms with Crippen molar-refractivity contribution < 1.29 is 0 Å². The normalized spacial score (nSPS) is 17.0. The number of benzene rings is 6. The highest BCUT2D eigenvalue weighted by molar-refractivity contribution is 6.15. The largest absolute Gasteiger partial charge is 0.369 e. The number of nitrogens with zero attached hydrogens (tertiary/aromatic N) is 11. The van der Waals surface area contributed by atoms with E-state index < -0.39 is 0 Å². The zero-order valence-corrected chi connectivity index (χ0v) is 42.6. The third-order valence-corrected chi connectivity index (χ3v) is 16.3. The summed E-state index contributed by atoms with van der Waals surface area (Å²) < 4.78 is 2.53. The highest BCUT2D eigenvalue weighted by atomic mass is 15.3. The maximum absolute atomic E-state index is 5.33. The molecular formula is C59H63N15. The number of fused-ring (bicyclic) bond motifs is 7. The Morgan fingerprint density at radius 1 is 0.405 bits per heavy atom. The molecule has 15 heteroatoms. The number of likely N-dealkylation sites (N-methyl/N-ethyl adjacent to an activating group) is 3. The molecule has 0 amide bonds. The van der Waals surface area contributed by atoms with Crippen LogP contribution in [0.1, 0.15) is 12.8 Å². The number of aromatic amines is 4. The van der Waals surface area contributed by atoms with E-state index in [0.29, 0.717) is 0 Å². The molecule has 0 atom stereocenters. The molecule has 4 N–H and O–H groups in total. The molecule has 0 spiro atoms. The molecule has 0 unspecified atom stereocenters. The van der Waals surface area contributed by atoms with Crippen LogP contribution in [-0.4, -0.2) is 170 Å². The minimum atomic E-state index is 0.837. The molecule has 14 rings (SSSR count). The SMILES string of the molecule is CN1CCN(CCCCn2c3ccc(-c4nc5cc(-c6nc7cc(N8CCN(C)CC8)ccc7[nH]6)ccc5[nH]4)cc3c3c(-c4nc5cc(-c6nc7cc(N8CCN(C)CC8)ccc7[nH]6)ccc5[nH]4)cccc32)CC1. The van der Waals surface area contributed by atoms with Gasteiger partial charge in [0, 0.05) is 141 Å². The van der Waals surface area contributed by atoms with Crippen molar-refractivity contribution in [2.75, 3.05) is 116 Å². The van der Waals surface area contributed by atoms with E-state index in [2.05, 4.69) is 184 Å². The molecule has 5 aromatic heterocycles. The van der Waals surface area contributed by atoms with Gasteiger partial charge in [0.15, 0.2) is 0 Å². The first kappa shape index (κ1) is 45.1. The summed E-state index contributed by atoms with van der Waals surface area (Å²) in [5, 5.41) is 2.38. The number of imidazole rings is 4. The van der Waals surface area contributed by atoms with Gasteiger partial charge in [0.25, 0.3) is 0 Å². The van der Waals surface area contributed by atoms with Crippen LogP contribution in [0.5, 0.6) is 0 Å². The van der Waals surface area contributed by atoms with E-state index in [1.165, 1.54) is 33.2 Å². The summed E-state index contributed by atoms with van der Waals surface area (Å²) in [7, 11) is 6.61. The first-order chi connectivity index (χ1) is 36.3. The molecule has 374 valence electrons. The van der Waals surface area contributed by atoms with E-state index in [0.717, 1.165) is 194 Å². The second kappa shape index (κ2) is 18.4. The van der Waals surface area contributed by atoms with E-state index >= 15 is 0 Å². The van der Waals surface area contributed by atoms with Crippen molar-refractivity contribution in [2.24, 2.45) is 0 Å². The number of unbranched alkanes of at least 4 members (excludes halogenated alkanes) is 1. The Kier molecular flexibility index (Phi) is 11.2. The van der Waals surface area contributed by atoms with Crippen LogP contribution in [0.4, 0.5) is 11.4 Å². The van der Waals surface area contributed by atoms with Crippen molar-refractivity contribution in [3.05, 3.63) is 109 Å². The topological polar surface area (TPSA) is 139 Å². The molecule has 0 radical (unpaired) electrons. The molecule has 15 nitrogen and oxygen atoms in total. The number of aromatic nitrogens is 9. The molecule has 3 aliphatic heterocycles. The third-order valence-electron chi connectivity index (χ3n) is 16.3. The standard InChI is InChI=1S/C59H63N15/c1-68-21-27-71(28-22-68)19-4-5-20-74-53-18-11-38(56-60-45-14-9-39(34-49(45)64-56)57-61-47-16-12-41(36-51(47)65-57)72-29-23-69(2)24-30-72)33-44(53)55-43(7-6-8-54(55)74)59-63-46-15-10-40(35-50(46)67-59)58-62-48-17-13-42(37-52(48)66-58)73-31-25-70(3)26-32-73/h6-18,33-37H,4-5,19-32H2,1-3H3,(H,60,64)(H,61,65)(H,62,66)(H,63,67).